The number of aryl methyl sites for hydroxylation is 1. The van der Waals surface area contributed by atoms with Crippen molar-refractivity contribution < 1.29 is 15.0 Å². The lowest BCUT2D eigenvalue weighted by molar-refractivity contribution is 0.102. The van der Waals surface area contributed by atoms with Crippen LogP contribution in [0.5, 0.6) is 11.5 Å². The SMILES string of the molecule is CCCc1cc(=O)[nH]c(SCC(=O)c2ccc(O)cc2O)n1. The van der Waals surface area contributed by atoms with Crippen LogP contribution in [0.2, 0.25) is 0 Å². The molecule has 0 radical (unpaired) electrons. The number of benzene rings is 1. The Bertz CT molecular complexity index is 743. The Hall–Kier alpha value is -2.28. The van der Waals surface area contributed by atoms with Gasteiger partial charge in [-0.3, -0.25) is 9.59 Å². The summed E-state index contributed by atoms with van der Waals surface area (Å²) < 4.78 is 0. The van der Waals surface area contributed by atoms with E-state index in [1.807, 2.05) is 6.92 Å². The van der Waals surface area contributed by atoms with E-state index in [-0.39, 0.29) is 34.2 Å². The third-order valence-electron chi connectivity index (χ3n) is 2.90. The number of hydrogen-bond acceptors (Lipinski definition) is 6. The van der Waals surface area contributed by atoms with Crippen LogP contribution in [0.15, 0.2) is 34.2 Å². The molecule has 1 aromatic carbocycles. The second-order valence-electron chi connectivity index (χ2n) is 4.71. The quantitative estimate of drug-likeness (QED) is 0.428. The number of carbonyl (C=O) groups is 1. The average Bonchev–Trinajstić information content (AvgIpc) is 2.44. The molecule has 22 heavy (non-hydrogen) atoms. The molecule has 0 atom stereocenters. The molecule has 0 bridgehead atoms. The fraction of sp³-hybridized carbons (Fsp3) is 0.267. The summed E-state index contributed by atoms with van der Waals surface area (Å²) >= 11 is 1.10. The van der Waals surface area contributed by atoms with Crippen molar-refractivity contribution in [2.24, 2.45) is 0 Å². The van der Waals surface area contributed by atoms with Crippen LogP contribution in [-0.4, -0.2) is 31.7 Å². The molecule has 2 rings (SSSR count). The molecule has 116 valence electrons. The number of phenolic OH excluding ortho intramolecular Hbond substituents is 2. The van der Waals surface area contributed by atoms with Crippen LogP contribution in [0.3, 0.4) is 0 Å². The monoisotopic (exact) mass is 320 g/mol. The second kappa shape index (κ2) is 7.13. The number of carbonyl (C=O) groups excluding carboxylic acids is 1. The van der Waals surface area contributed by atoms with Gasteiger partial charge in [0.05, 0.1) is 11.3 Å². The summed E-state index contributed by atoms with van der Waals surface area (Å²) in [4.78, 5) is 30.5. The van der Waals surface area contributed by atoms with Crippen LogP contribution in [0.1, 0.15) is 29.4 Å². The van der Waals surface area contributed by atoms with Crippen LogP contribution in [-0.2, 0) is 6.42 Å². The van der Waals surface area contributed by atoms with Gasteiger partial charge in [-0.15, -0.1) is 0 Å². The first kappa shape index (κ1) is 16.1. The van der Waals surface area contributed by atoms with Gasteiger partial charge in [-0.25, -0.2) is 4.98 Å². The zero-order valence-electron chi connectivity index (χ0n) is 12.0. The highest BCUT2D eigenvalue weighted by Gasteiger charge is 2.13. The van der Waals surface area contributed by atoms with E-state index in [2.05, 4.69) is 9.97 Å². The summed E-state index contributed by atoms with van der Waals surface area (Å²) in [6, 6.07) is 5.25. The van der Waals surface area contributed by atoms with Crippen LogP contribution in [0, 0.1) is 0 Å². The average molecular weight is 320 g/mol. The maximum Gasteiger partial charge on any atom is 0.251 e. The van der Waals surface area contributed by atoms with Crippen molar-refractivity contribution in [1.29, 1.82) is 0 Å². The predicted octanol–water partition coefficient (Wildman–Crippen LogP) is 2.11. The Morgan fingerprint density at radius 1 is 1.32 bits per heavy atom. The number of phenols is 2. The Labute approximate surface area is 131 Å². The van der Waals surface area contributed by atoms with Gasteiger partial charge in [-0.1, -0.05) is 25.1 Å². The molecule has 1 aromatic heterocycles. The number of rotatable bonds is 6. The lowest BCUT2D eigenvalue weighted by atomic mass is 10.1. The summed E-state index contributed by atoms with van der Waals surface area (Å²) in [5, 5.41) is 19.2. The van der Waals surface area contributed by atoms with Crippen molar-refractivity contribution >= 4 is 17.5 Å². The number of nitrogens with zero attached hydrogens (tertiary/aromatic N) is 1. The lowest BCUT2D eigenvalue weighted by Crippen LogP contribution is -2.11. The second-order valence-corrected chi connectivity index (χ2v) is 5.67. The number of H-pyrrole nitrogens is 1. The molecule has 0 amide bonds. The molecule has 0 fully saturated rings. The van der Waals surface area contributed by atoms with Crippen molar-refractivity contribution in [3.8, 4) is 11.5 Å². The molecule has 1 heterocycles. The highest BCUT2D eigenvalue weighted by atomic mass is 32.2. The van der Waals surface area contributed by atoms with E-state index < -0.39 is 0 Å². The third-order valence-corrected chi connectivity index (χ3v) is 3.77. The van der Waals surface area contributed by atoms with E-state index in [1.54, 1.807) is 0 Å². The molecule has 0 saturated carbocycles. The highest BCUT2D eigenvalue weighted by Crippen LogP contribution is 2.24. The van der Waals surface area contributed by atoms with E-state index in [9.17, 15) is 19.8 Å². The van der Waals surface area contributed by atoms with Gasteiger partial charge in [-0.05, 0) is 18.6 Å². The van der Waals surface area contributed by atoms with Crippen molar-refractivity contribution in [3.05, 3.63) is 45.9 Å². The summed E-state index contributed by atoms with van der Waals surface area (Å²) in [5.41, 5.74) is 0.562. The Balaban J connectivity index is 2.09. The van der Waals surface area contributed by atoms with E-state index in [0.717, 1.165) is 24.2 Å². The smallest absolute Gasteiger partial charge is 0.251 e. The first-order valence-corrected chi connectivity index (χ1v) is 7.76. The Morgan fingerprint density at radius 2 is 2.09 bits per heavy atom. The molecule has 6 nitrogen and oxygen atoms in total. The molecule has 3 N–H and O–H groups in total. The Morgan fingerprint density at radius 3 is 2.77 bits per heavy atom. The highest BCUT2D eigenvalue weighted by molar-refractivity contribution is 7.99. The van der Waals surface area contributed by atoms with Gasteiger partial charge in [0.2, 0.25) is 0 Å². The number of aromatic amines is 1. The first-order valence-electron chi connectivity index (χ1n) is 6.78. The number of hydrogen-bond donors (Lipinski definition) is 3. The molecule has 0 aliphatic carbocycles. The van der Waals surface area contributed by atoms with Gasteiger partial charge in [0, 0.05) is 17.8 Å². The van der Waals surface area contributed by atoms with E-state index in [4.69, 9.17) is 0 Å². The topological polar surface area (TPSA) is 103 Å². The molecular weight excluding hydrogens is 304 g/mol. The zero-order valence-corrected chi connectivity index (χ0v) is 12.8. The van der Waals surface area contributed by atoms with Crippen molar-refractivity contribution in [3.63, 3.8) is 0 Å². The minimum atomic E-state index is -0.314. The van der Waals surface area contributed by atoms with Gasteiger partial charge in [0.1, 0.15) is 11.5 Å². The number of thioether (sulfide) groups is 1. The van der Waals surface area contributed by atoms with E-state index in [1.165, 1.54) is 18.2 Å². The first-order chi connectivity index (χ1) is 10.5. The molecule has 0 aliphatic rings. The molecule has 0 spiro atoms. The van der Waals surface area contributed by atoms with E-state index in [0.29, 0.717) is 17.3 Å². The standard InChI is InChI=1S/C15H16N2O4S/c1-2-3-9-6-14(21)17-15(16-9)22-8-13(20)11-5-4-10(18)7-12(11)19/h4-7,18-19H,2-3,8H2,1H3,(H,16,17,21). The van der Waals surface area contributed by atoms with Crippen molar-refractivity contribution in [2.45, 2.75) is 24.9 Å². The maximum atomic E-state index is 12.1. The third kappa shape index (κ3) is 4.11. The number of aromatic nitrogens is 2. The van der Waals surface area contributed by atoms with Gasteiger partial charge < -0.3 is 15.2 Å². The largest absolute Gasteiger partial charge is 0.508 e. The number of ketones is 1. The zero-order chi connectivity index (χ0) is 16.1. The lowest BCUT2D eigenvalue weighted by Gasteiger charge is -2.05. The summed E-state index contributed by atoms with van der Waals surface area (Å²) in [6.45, 7) is 1.99. The molecule has 2 aromatic rings. The van der Waals surface area contributed by atoms with Crippen molar-refractivity contribution in [2.75, 3.05) is 5.75 Å². The van der Waals surface area contributed by atoms with Gasteiger partial charge in [0.15, 0.2) is 10.9 Å². The normalized spacial score (nSPS) is 10.6. The Kier molecular flexibility index (Phi) is 5.21. The fourth-order valence-electron chi connectivity index (χ4n) is 1.90. The summed E-state index contributed by atoms with van der Waals surface area (Å²) in [6.07, 6.45) is 1.57. The fourth-order valence-corrected chi connectivity index (χ4v) is 2.68. The van der Waals surface area contributed by atoms with Crippen LogP contribution in [0.4, 0.5) is 0 Å². The molecular formula is C15H16N2O4S. The summed E-state index contributed by atoms with van der Waals surface area (Å²) in [7, 11) is 0. The summed E-state index contributed by atoms with van der Waals surface area (Å²) in [5.74, 6) is -0.672. The van der Waals surface area contributed by atoms with Gasteiger partial charge >= 0.3 is 0 Å². The van der Waals surface area contributed by atoms with Crippen LogP contribution in [0.25, 0.3) is 0 Å². The molecule has 7 heteroatoms. The van der Waals surface area contributed by atoms with Crippen LogP contribution < -0.4 is 5.56 Å². The van der Waals surface area contributed by atoms with Gasteiger partial charge in [-0.2, -0.15) is 0 Å². The van der Waals surface area contributed by atoms with E-state index >= 15 is 0 Å². The van der Waals surface area contributed by atoms with Crippen molar-refractivity contribution in [1.82, 2.24) is 9.97 Å². The van der Waals surface area contributed by atoms with Gasteiger partial charge in [0.25, 0.3) is 5.56 Å². The number of aromatic hydroxyl groups is 2. The maximum absolute atomic E-state index is 12.1. The number of nitrogens with one attached hydrogen (secondary N) is 1. The minimum absolute atomic E-state index is 0.0247. The number of Topliss-reactive ketones (excluding diaryl/α,β-unsaturated/α-hetero) is 1. The molecule has 0 unspecified atom stereocenters. The van der Waals surface area contributed by atoms with Crippen LogP contribution >= 0.6 is 11.8 Å². The predicted molar refractivity (Wildman–Crippen MR) is 83.7 cm³/mol. The minimum Gasteiger partial charge on any atom is -0.508 e. The molecule has 0 saturated heterocycles. The molecule has 0 aliphatic heterocycles.